The number of halogens is 1. The molecule has 4 atom stereocenters. The number of piperidine rings is 3. The Hall–Kier alpha value is -1.30. The lowest BCUT2D eigenvalue weighted by molar-refractivity contribution is 0.0333. The molecule has 3 saturated heterocycles. The van der Waals surface area contributed by atoms with Gasteiger partial charge in [0, 0.05) is 40.8 Å². The minimum absolute atomic E-state index is 0.504. The van der Waals surface area contributed by atoms with Crippen molar-refractivity contribution in [2.45, 2.75) is 31.7 Å². The first-order valence-electron chi connectivity index (χ1n) is 8.70. The van der Waals surface area contributed by atoms with Gasteiger partial charge in [0.25, 0.3) is 0 Å². The van der Waals surface area contributed by atoms with Gasteiger partial charge in [-0.3, -0.25) is 4.90 Å². The van der Waals surface area contributed by atoms with Crippen LogP contribution in [0.2, 0.25) is 0 Å². The Morgan fingerprint density at radius 1 is 1.29 bits per heavy atom. The molecule has 3 fully saturated rings. The second-order valence-corrected chi connectivity index (χ2v) is 7.83. The maximum Gasteiger partial charge on any atom is 0.126 e. The van der Waals surface area contributed by atoms with Crippen molar-refractivity contribution >= 4 is 15.9 Å². The van der Waals surface area contributed by atoms with E-state index in [4.69, 9.17) is 10.7 Å². The normalized spacial score (nSPS) is 29.0. The Kier molecular flexibility index (Phi) is 4.41. The van der Waals surface area contributed by atoms with Crippen LogP contribution < -0.4 is 5.73 Å². The third kappa shape index (κ3) is 2.89. The quantitative estimate of drug-likeness (QED) is 0.878. The van der Waals surface area contributed by atoms with Gasteiger partial charge in [0.15, 0.2) is 0 Å². The van der Waals surface area contributed by atoms with E-state index in [-0.39, 0.29) is 0 Å². The SMILES string of the molecule is Cc1nc(-c2ccccc2Br)cc([C@H]2CN3CC[C@H]2C[C@@H]3CN)n1. The van der Waals surface area contributed by atoms with E-state index in [2.05, 4.69) is 50.1 Å². The lowest BCUT2D eigenvalue weighted by Crippen LogP contribution is -2.55. The van der Waals surface area contributed by atoms with E-state index < -0.39 is 0 Å². The third-order valence-corrected chi connectivity index (χ3v) is 6.23. The van der Waals surface area contributed by atoms with Crippen LogP contribution in [0.4, 0.5) is 0 Å². The molecule has 24 heavy (non-hydrogen) atoms. The molecule has 2 bridgehead atoms. The number of hydrogen-bond acceptors (Lipinski definition) is 4. The zero-order valence-corrected chi connectivity index (χ0v) is 15.5. The predicted molar refractivity (Wildman–Crippen MR) is 99.8 cm³/mol. The number of rotatable bonds is 3. The monoisotopic (exact) mass is 386 g/mol. The number of hydrogen-bond donors (Lipinski definition) is 1. The van der Waals surface area contributed by atoms with Crippen molar-refractivity contribution in [2.75, 3.05) is 19.6 Å². The van der Waals surface area contributed by atoms with Gasteiger partial charge < -0.3 is 5.73 Å². The zero-order chi connectivity index (χ0) is 16.7. The summed E-state index contributed by atoms with van der Waals surface area (Å²) < 4.78 is 1.08. The molecular formula is C19H23BrN4. The molecule has 126 valence electrons. The summed E-state index contributed by atoms with van der Waals surface area (Å²) in [6.07, 6.45) is 2.46. The number of fused-ring (bicyclic) bond motifs is 3. The highest BCUT2D eigenvalue weighted by atomic mass is 79.9. The minimum atomic E-state index is 0.504. The molecular weight excluding hydrogens is 364 g/mol. The summed E-state index contributed by atoms with van der Waals surface area (Å²) in [5.74, 6) is 2.06. The fourth-order valence-corrected chi connectivity index (χ4v) is 4.79. The third-order valence-electron chi connectivity index (χ3n) is 5.54. The van der Waals surface area contributed by atoms with Crippen LogP contribution in [0.15, 0.2) is 34.8 Å². The Labute approximate surface area is 151 Å². The topological polar surface area (TPSA) is 55.0 Å². The average molecular weight is 387 g/mol. The standard InChI is InChI=1S/C19H23BrN4/c1-12-22-18(15-4-2-3-5-17(15)20)9-19(23-12)16-11-24-7-6-13(16)8-14(24)10-21/h2-5,9,13-14,16H,6-8,10-11,21H2,1H3/t13-,14+,16-/m0/s1. The van der Waals surface area contributed by atoms with E-state index >= 15 is 0 Å². The van der Waals surface area contributed by atoms with Crippen LogP contribution in [0.25, 0.3) is 11.3 Å². The molecule has 3 aliphatic rings. The van der Waals surface area contributed by atoms with Gasteiger partial charge in [-0.15, -0.1) is 0 Å². The molecule has 4 nitrogen and oxygen atoms in total. The van der Waals surface area contributed by atoms with Crippen LogP contribution >= 0.6 is 15.9 Å². The second-order valence-electron chi connectivity index (χ2n) is 6.98. The molecule has 5 rings (SSSR count). The van der Waals surface area contributed by atoms with Gasteiger partial charge in [0.2, 0.25) is 0 Å². The van der Waals surface area contributed by atoms with Crippen molar-refractivity contribution in [3.63, 3.8) is 0 Å². The van der Waals surface area contributed by atoms with Gasteiger partial charge in [-0.2, -0.15) is 0 Å². The number of nitrogens with two attached hydrogens (primary N) is 1. The molecule has 1 aromatic heterocycles. The number of aromatic nitrogens is 2. The highest BCUT2D eigenvalue weighted by Crippen LogP contribution is 2.41. The molecule has 2 N–H and O–H groups in total. The van der Waals surface area contributed by atoms with Crippen LogP contribution in [0.5, 0.6) is 0 Å². The van der Waals surface area contributed by atoms with Gasteiger partial charge in [0.05, 0.1) is 5.69 Å². The van der Waals surface area contributed by atoms with Crippen molar-refractivity contribution in [1.82, 2.24) is 14.9 Å². The fraction of sp³-hybridized carbons (Fsp3) is 0.474. The number of nitrogens with zero attached hydrogens (tertiary/aromatic N) is 3. The van der Waals surface area contributed by atoms with Crippen molar-refractivity contribution in [2.24, 2.45) is 11.7 Å². The molecule has 0 saturated carbocycles. The van der Waals surface area contributed by atoms with Crippen molar-refractivity contribution in [3.05, 3.63) is 46.3 Å². The highest BCUT2D eigenvalue weighted by molar-refractivity contribution is 9.10. The maximum atomic E-state index is 5.94. The molecule has 0 radical (unpaired) electrons. The van der Waals surface area contributed by atoms with Crippen LogP contribution in [0, 0.1) is 12.8 Å². The summed E-state index contributed by atoms with van der Waals surface area (Å²) in [5.41, 5.74) is 9.28. The van der Waals surface area contributed by atoms with Gasteiger partial charge in [-0.1, -0.05) is 34.1 Å². The van der Waals surface area contributed by atoms with Gasteiger partial charge in [0.1, 0.15) is 5.82 Å². The minimum Gasteiger partial charge on any atom is -0.329 e. The van der Waals surface area contributed by atoms with E-state index in [0.29, 0.717) is 17.9 Å². The first-order valence-corrected chi connectivity index (χ1v) is 9.49. The van der Waals surface area contributed by atoms with Crippen molar-refractivity contribution in [3.8, 4) is 11.3 Å². The van der Waals surface area contributed by atoms with Crippen molar-refractivity contribution < 1.29 is 0 Å². The van der Waals surface area contributed by atoms with Crippen LogP contribution in [0.1, 0.15) is 30.3 Å². The average Bonchev–Trinajstić information content (AvgIpc) is 2.61. The van der Waals surface area contributed by atoms with Crippen LogP contribution in [0.3, 0.4) is 0 Å². The summed E-state index contributed by atoms with van der Waals surface area (Å²) in [6, 6.07) is 11.0. The summed E-state index contributed by atoms with van der Waals surface area (Å²) >= 11 is 3.65. The fourth-order valence-electron chi connectivity index (χ4n) is 4.31. The molecule has 0 amide bonds. The zero-order valence-electron chi connectivity index (χ0n) is 14.0. The number of aryl methyl sites for hydroxylation is 1. The summed E-state index contributed by atoms with van der Waals surface area (Å²) in [7, 11) is 0. The molecule has 5 heteroatoms. The van der Waals surface area contributed by atoms with E-state index in [1.54, 1.807) is 0 Å². The van der Waals surface area contributed by atoms with E-state index in [1.807, 2.05) is 13.0 Å². The summed E-state index contributed by atoms with van der Waals surface area (Å²) in [4.78, 5) is 12.0. The molecule has 3 aliphatic heterocycles. The van der Waals surface area contributed by atoms with Gasteiger partial charge >= 0.3 is 0 Å². The molecule has 4 heterocycles. The smallest absolute Gasteiger partial charge is 0.126 e. The Bertz CT molecular complexity index is 748. The largest absolute Gasteiger partial charge is 0.329 e. The lowest BCUT2D eigenvalue weighted by atomic mass is 9.74. The lowest BCUT2D eigenvalue weighted by Gasteiger charge is -2.49. The first-order chi connectivity index (χ1) is 11.7. The van der Waals surface area contributed by atoms with Gasteiger partial charge in [-0.25, -0.2) is 9.97 Å². The molecule has 0 spiro atoms. The Morgan fingerprint density at radius 3 is 2.83 bits per heavy atom. The summed E-state index contributed by atoms with van der Waals surface area (Å²) in [6.45, 7) is 5.03. The summed E-state index contributed by atoms with van der Waals surface area (Å²) in [5, 5.41) is 0. The number of benzene rings is 1. The predicted octanol–water partition coefficient (Wildman–Crippen LogP) is 3.35. The molecule has 2 aromatic rings. The van der Waals surface area contributed by atoms with E-state index in [1.165, 1.54) is 25.1 Å². The molecule has 1 unspecified atom stereocenters. The molecule has 0 aliphatic carbocycles. The molecule has 1 aromatic carbocycles. The van der Waals surface area contributed by atoms with Crippen molar-refractivity contribution in [1.29, 1.82) is 0 Å². The van der Waals surface area contributed by atoms with E-state index in [0.717, 1.165) is 34.6 Å². The van der Waals surface area contributed by atoms with Crippen LogP contribution in [-0.2, 0) is 0 Å². The Morgan fingerprint density at radius 2 is 2.12 bits per heavy atom. The second kappa shape index (κ2) is 6.54. The highest BCUT2D eigenvalue weighted by Gasteiger charge is 2.40. The van der Waals surface area contributed by atoms with Gasteiger partial charge in [-0.05, 0) is 44.4 Å². The first kappa shape index (κ1) is 16.2. The maximum absolute atomic E-state index is 5.94. The van der Waals surface area contributed by atoms with Crippen LogP contribution in [-0.4, -0.2) is 40.5 Å². The van der Waals surface area contributed by atoms with E-state index in [9.17, 15) is 0 Å². The Balaban J connectivity index is 1.69.